The maximum absolute atomic E-state index is 12.7. The number of nitrogens with one attached hydrogen (secondary N) is 2. The van der Waals surface area contributed by atoms with Crippen molar-refractivity contribution in [1.82, 2.24) is 15.8 Å². The fourth-order valence-corrected chi connectivity index (χ4v) is 4.66. The van der Waals surface area contributed by atoms with E-state index in [-0.39, 0.29) is 21.6 Å². The van der Waals surface area contributed by atoms with E-state index >= 15 is 0 Å². The largest absolute Gasteiger partial charge is 0.482 e. The highest BCUT2D eigenvalue weighted by atomic mass is 35.5. The minimum Gasteiger partial charge on any atom is -0.482 e. The maximum atomic E-state index is 12.7. The van der Waals surface area contributed by atoms with Crippen LogP contribution in [0.25, 0.3) is 6.08 Å². The molecule has 33 heavy (non-hydrogen) atoms. The van der Waals surface area contributed by atoms with Gasteiger partial charge in [0.1, 0.15) is 16.6 Å². The normalized spacial score (nSPS) is 14.5. The predicted octanol–water partition coefficient (Wildman–Crippen LogP) is 4.73. The van der Waals surface area contributed by atoms with Gasteiger partial charge in [-0.05, 0) is 42.0 Å². The van der Waals surface area contributed by atoms with Gasteiger partial charge in [0.05, 0.1) is 9.93 Å². The summed E-state index contributed by atoms with van der Waals surface area (Å²) in [6.45, 7) is -0.798. The number of rotatable bonds is 6. The molecule has 3 amide bonds. The van der Waals surface area contributed by atoms with Crippen LogP contribution in [0.15, 0.2) is 41.3 Å². The summed E-state index contributed by atoms with van der Waals surface area (Å²) in [5.41, 5.74) is 4.97. The first-order valence-corrected chi connectivity index (χ1v) is 11.7. The van der Waals surface area contributed by atoms with Gasteiger partial charge in [0.25, 0.3) is 17.7 Å². The topological polar surface area (TPSA) is 87.7 Å². The lowest BCUT2D eigenvalue weighted by molar-refractivity contribution is -0.132. The van der Waals surface area contributed by atoms with Gasteiger partial charge in [-0.1, -0.05) is 76.4 Å². The van der Waals surface area contributed by atoms with E-state index in [1.54, 1.807) is 30.3 Å². The number of thiocarbonyl (C=S) groups is 1. The van der Waals surface area contributed by atoms with Crippen LogP contribution in [0.3, 0.4) is 0 Å². The van der Waals surface area contributed by atoms with Gasteiger partial charge in [0.2, 0.25) is 0 Å². The van der Waals surface area contributed by atoms with Crippen LogP contribution in [-0.4, -0.2) is 40.1 Å². The molecule has 7 nitrogen and oxygen atoms in total. The van der Waals surface area contributed by atoms with Crippen molar-refractivity contribution in [2.24, 2.45) is 0 Å². The molecule has 1 aliphatic rings. The van der Waals surface area contributed by atoms with E-state index in [2.05, 4.69) is 10.9 Å². The zero-order valence-corrected chi connectivity index (χ0v) is 21.0. The summed E-state index contributed by atoms with van der Waals surface area (Å²) in [5, 5.41) is 1.49. The predicted molar refractivity (Wildman–Crippen MR) is 135 cm³/mol. The van der Waals surface area contributed by atoms with Crippen molar-refractivity contribution in [2.45, 2.75) is 0 Å². The number of hydrogen-bond acceptors (Lipinski definition) is 6. The number of thioether (sulfide) groups is 1. The van der Waals surface area contributed by atoms with Gasteiger partial charge in [-0.2, -0.15) is 0 Å². The summed E-state index contributed by atoms with van der Waals surface area (Å²) in [5.74, 6) is -1.50. The molecule has 13 heteroatoms. The lowest BCUT2D eigenvalue weighted by atomic mass is 10.2. The molecule has 0 bridgehead atoms. The average Bonchev–Trinajstić information content (AvgIpc) is 3.01. The molecule has 172 valence electrons. The molecular weight excluding hydrogens is 552 g/mol. The van der Waals surface area contributed by atoms with Crippen molar-refractivity contribution < 1.29 is 19.1 Å². The summed E-state index contributed by atoms with van der Waals surface area (Å²) in [6.07, 6.45) is 1.57. The molecule has 0 radical (unpaired) electrons. The number of carbonyl (C=O) groups is 3. The maximum Gasteiger partial charge on any atom is 0.276 e. The second-order valence-electron chi connectivity index (χ2n) is 6.39. The minimum absolute atomic E-state index is 0.193. The van der Waals surface area contributed by atoms with Crippen molar-refractivity contribution >= 4 is 98.5 Å². The standard InChI is InChI=1S/C20H13Cl4N3O4S2/c21-11-2-1-10(13(23)6-11)5-16-19(30)27(20(32)33-16)8-17(28)25-26-18(29)9-31-15-4-3-12(22)7-14(15)24/h1-7H,8-9H2,(H,25,28)(H,26,29). The number of nitrogens with zero attached hydrogens (tertiary/aromatic N) is 1. The van der Waals surface area contributed by atoms with Gasteiger partial charge in [-0.15, -0.1) is 0 Å². The first kappa shape index (κ1) is 25.6. The van der Waals surface area contributed by atoms with Gasteiger partial charge in [0, 0.05) is 15.1 Å². The highest BCUT2D eigenvalue weighted by molar-refractivity contribution is 8.26. The molecule has 3 rings (SSSR count). The van der Waals surface area contributed by atoms with Crippen LogP contribution in [0, 0.1) is 0 Å². The average molecular weight is 565 g/mol. The van der Waals surface area contributed by atoms with Crippen molar-refractivity contribution in [2.75, 3.05) is 13.2 Å². The number of hydrazine groups is 1. The van der Waals surface area contributed by atoms with Crippen LogP contribution in [-0.2, 0) is 14.4 Å². The number of benzene rings is 2. The van der Waals surface area contributed by atoms with Crippen LogP contribution in [0.1, 0.15) is 5.56 Å². The summed E-state index contributed by atoms with van der Waals surface area (Å²) in [7, 11) is 0. The minimum atomic E-state index is -0.657. The Morgan fingerprint density at radius 3 is 2.30 bits per heavy atom. The molecule has 2 N–H and O–H groups in total. The Balaban J connectivity index is 1.51. The van der Waals surface area contributed by atoms with E-state index in [9.17, 15) is 14.4 Å². The molecule has 1 aliphatic heterocycles. The zero-order chi connectivity index (χ0) is 24.1. The van der Waals surface area contributed by atoms with Gasteiger partial charge in [0.15, 0.2) is 6.61 Å². The Morgan fingerprint density at radius 1 is 1.00 bits per heavy atom. The molecule has 1 fully saturated rings. The highest BCUT2D eigenvalue weighted by Crippen LogP contribution is 2.34. The monoisotopic (exact) mass is 563 g/mol. The molecule has 0 atom stereocenters. The summed E-state index contributed by atoms with van der Waals surface area (Å²) in [6, 6.07) is 9.39. The SMILES string of the molecule is O=C(COc1ccc(Cl)cc1Cl)NNC(=O)CN1C(=O)C(=Cc2ccc(Cl)cc2Cl)SC1=S. The van der Waals surface area contributed by atoms with E-state index < -0.39 is 24.3 Å². The van der Waals surface area contributed by atoms with Crippen molar-refractivity contribution in [3.05, 3.63) is 67.0 Å². The van der Waals surface area contributed by atoms with Crippen molar-refractivity contribution in [3.8, 4) is 5.75 Å². The molecular formula is C20H13Cl4N3O4S2. The lowest BCUT2D eigenvalue weighted by Crippen LogP contribution is -2.48. The molecule has 1 heterocycles. The summed E-state index contributed by atoms with van der Waals surface area (Å²) < 4.78 is 5.47. The van der Waals surface area contributed by atoms with Crippen LogP contribution in [0.5, 0.6) is 5.75 Å². The third-order valence-electron chi connectivity index (χ3n) is 4.02. The fraction of sp³-hybridized carbons (Fsp3) is 0.100. The van der Waals surface area contributed by atoms with Gasteiger partial charge in [-0.25, -0.2) is 0 Å². The van der Waals surface area contributed by atoms with Crippen LogP contribution >= 0.6 is 70.4 Å². The van der Waals surface area contributed by atoms with E-state index in [0.717, 1.165) is 16.7 Å². The smallest absolute Gasteiger partial charge is 0.276 e. The van der Waals surface area contributed by atoms with Crippen molar-refractivity contribution in [1.29, 1.82) is 0 Å². The van der Waals surface area contributed by atoms with E-state index in [0.29, 0.717) is 25.5 Å². The number of ether oxygens (including phenoxy) is 1. The van der Waals surface area contributed by atoms with Gasteiger partial charge >= 0.3 is 0 Å². The summed E-state index contributed by atoms with van der Waals surface area (Å²) in [4.78, 5) is 38.2. The Labute approximate surface area is 218 Å². The zero-order valence-electron chi connectivity index (χ0n) is 16.4. The first-order chi connectivity index (χ1) is 15.6. The van der Waals surface area contributed by atoms with Crippen LogP contribution in [0.2, 0.25) is 20.1 Å². The fourth-order valence-electron chi connectivity index (χ4n) is 2.49. The number of carbonyl (C=O) groups excluding carboxylic acids is 3. The summed E-state index contributed by atoms with van der Waals surface area (Å²) >= 11 is 30.0. The third-order valence-corrected chi connectivity index (χ3v) is 6.49. The first-order valence-electron chi connectivity index (χ1n) is 9.00. The Hall–Kier alpha value is -2.01. The van der Waals surface area contributed by atoms with E-state index in [1.165, 1.54) is 12.1 Å². The second kappa shape index (κ2) is 11.4. The number of hydrogen-bond donors (Lipinski definition) is 2. The molecule has 2 aromatic rings. The third kappa shape index (κ3) is 6.99. The highest BCUT2D eigenvalue weighted by Gasteiger charge is 2.33. The Morgan fingerprint density at radius 2 is 1.64 bits per heavy atom. The molecule has 0 spiro atoms. The lowest BCUT2D eigenvalue weighted by Gasteiger charge is -2.15. The van der Waals surface area contributed by atoms with Gasteiger partial charge < -0.3 is 4.74 Å². The molecule has 1 saturated heterocycles. The molecule has 0 saturated carbocycles. The molecule has 0 aliphatic carbocycles. The second-order valence-corrected chi connectivity index (χ2v) is 9.76. The number of halogens is 4. The Kier molecular flexibility index (Phi) is 8.86. The Bertz CT molecular complexity index is 1180. The van der Waals surface area contributed by atoms with Crippen LogP contribution in [0.4, 0.5) is 0 Å². The molecule has 0 aromatic heterocycles. The quantitative estimate of drug-likeness (QED) is 0.300. The van der Waals surface area contributed by atoms with Crippen LogP contribution < -0.4 is 15.6 Å². The van der Waals surface area contributed by atoms with E-state index in [1.807, 2.05) is 0 Å². The van der Waals surface area contributed by atoms with Crippen molar-refractivity contribution in [3.63, 3.8) is 0 Å². The van der Waals surface area contributed by atoms with E-state index in [4.69, 9.17) is 63.4 Å². The molecule has 2 aromatic carbocycles. The molecule has 0 unspecified atom stereocenters. The number of amides is 3. The van der Waals surface area contributed by atoms with Gasteiger partial charge in [-0.3, -0.25) is 30.1 Å².